The van der Waals surface area contributed by atoms with Gasteiger partial charge in [0.05, 0.1) is 0 Å². The Kier molecular flexibility index (Phi) is 3.00. The highest BCUT2D eigenvalue weighted by molar-refractivity contribution is 6.20. The Morgan fingerprint density at radius 2 is 1.71 bits per heavy atom. The molecule has 0 N–H and O–H groups in total. The van der Waals surface area contributed by atoms with Crippen LogP contribution in [0.5, 0.6) is 0 Å². The van der Waals surface area contributed by atoms with Crippen LogP contribution in [0.4, 0.5) is 4.79 Å². The molecule has 0 aromatic carbocycles. The molecule has 1 unspecified atom stereocenters. The lowest BCUT2D eigenvalue weighted by Crippen LogP contribution is -2.66. The summed E-state index contributed by atoms with van der Waals surface area (Å²) in [6, 6.07) is -0.603. The minimum absolute atomic E-state index is 0.0353. The van der Waals surface area contributed by atoms with Crippen LogP contribution in [0, 0.1) is 11.3 Å². The third kappa shape index (κ3) is 1.65. The molecule has 1 atom stereocenters. The van der Waals surface area contributed by atoms with Crippen molar-refractivity contribution in [1.29, 1.82) is 0 Å². The van der Waals surface area contributed by atoms with Gasteiger partial charge in [-0.2, -0.15) is 0 Å². The fraction of sp³-hybridized carbons (Fsp3) is 0.600. The topological polar surface area (TPSA) is 74.8 Å². The molecule has 0 bridgehead atoms. The minimum atomic E-state index is -1.27. The van der Waals surface area contributed by atoms with Crippen LogP contribution in [0.25, 0.3) is 0 Å². The van der Waals surface area contributed by atoms with Crippen LogP contribution < -0.4 is 0 Å². The Labute approximate surface area is 122 Å². The number of hydrogen-bond acceptors (Lipinski definition) is 4. The smallest absolute Gasteiger partial charge is 0.295 e. The van der Waals surface area contributed by atoms with E-state index in [9.17, 15) is 19.2 Å². The van der Waals surface area contributed by atoms with Gasteiger partial charge in [-0.3, -0.25) is 24.2 Å². The second-order valence-corrected chi connectivity index (χ2v) is 6.05. The van der Waals surface area contributed by atoms with E-state index in [1.165, 1.54) is 14.1 Å². The van der Waals surface area contributed by atoms with Crippen molar-refractivity contribution >= 4 is 23.6 Å². The number of nitrogens with zero attached hydrogens (tertiary/aromatic N) is 2. The van der Waals surface area contributed by atoms with E-state index < -0.39 is 23.3 Å². The number of ketones is 1. The van der Waals surface area contributed by atoms with Crippen molar-refractivity contribution in [3.63, 3.8) is 0 Å². The molecular weight excluding hydrogens is 272 g/mol. The molecule has 1 spiro atoms. The zero-order valence-electron chi connectivity index (χ0n) is 12.2. The zero-order chi connectivity index (χ0) is 15.4. The summed E-state index contributed by atoms with van der Waals surface area (Å²) in [4.78, 5) is 51.6. The molecule has 2 aliphatic carbocycles. The van der Waals surface area contributed by atoms with Gasteiger partial charge in [0.15, 0.2) is 5.78 Å². The highest BCUT2D eigenvalue weighted by Crippen LogP contribution is 2.50. The summed E-state index contributed by atoms with van der Waals surface area (Å²) in [6.07, 6.45) is 4.56. The first-order valence-electron chi connectivity index (χ1n) is 7.24. The van der Waals surface area contributed by atoms with Crippen LogP contribution in [0.3, 0.4) is 0 Å². The third-order valence-corrected chi connectivity index (χ3v) is 5.04. The molecule has 0 aromatic heterocycles. The number of carbonyl (C=O) groups is 4. The summed E-state index contributed by atoms with van der Waals surface area (Å²) in [5.74, 6) is -1.26. The van der Waals surface area contributed by atoms with E-state index in [1.54, 1.807) is 0 Å². The average Bonchev–Trinajstić information content (AvgIpc) is 2.50. The summed E-state index contributed by atoms with van der Waals surface area (Å²) in [6.45, 7) is 0. The molecule has 0 aromatic rings. The third-order valence-electron chi connectivity index (χ3n) is 5.04. The Bertz CT molecular complexity index is 568. The lowest BCUT2D eigenvalue weighted by atomic mass is 9.59. The van der Waals surface area contributed by atoms with Gasteiger partial charge in [-0.15, -0.1) is 0 Å². The van der Waals surface area contributed by atoms with Crippen molar-refractivity contribution in [2.75, 3.05) is 14.1 Å². The number of fused-ring (bicyclic) bond motifs is 2. The van der Waals surface area contributed by atoms with Gasteiger partial charge in [0.1, 0.15) is 5.41 Å². The lowest BCUT2D eigenvalue weighted by Gasteiger charge is -2.48. The number of allylic oxidation sites excluding steroid dienone is 2. The second kappa shape index (κ2) is 4.51. The molecule has 6 nitrogen and oxygen atoms in total. The Morgan fingerprint density at radius 1 is 1.10 bits per heavy atom. The predicted molar refractivity (Wildman–Crippen MR) is 73.0 cm³/mol. The number of urea groups is 1. The van der Waals surface area contributed by atoms with Gasteiger partial charge in [0, 0.05) is 26.4 Å². The summed E-state index contributed by atoms with van der Waals surface area (Å²) in [7, 11) is 2.80. The molecule has 21 heavy (non-hydrogen) atoms. The molecule has 3 aliphatic rings. The molecule has 3 rings (SSSR count). The number of amides is 4. The normalized spacial score (nSPS) is 28.9. The van der Waals surface area contributed by atoms with Gasteiger partial charge in [-0.1, -0.05) is 6.08 Å². The van der Waals surface area contributed by atoms with Crippen LogP contribution in [-0.4, -0.2) is 47.5 Å². The molecule has 6 heteroatoms. The lowest BCUT2D eigenvalue weighted by molar-refractivity contribution is -0.162. The van der Waals surface area contributed by atoms with Crippen LogP contribution in [0.2, 0.25) is 0 Å². The summed E-state index contributed by atoms with van der Waals surface area (Å²) in [5, 5.41) is 0. The van der Waals surface area contributed by atoms with Crippen molar-refractivity contribution in [3.8, 4) is 0 Å². The van der Waals surface area contributed by atoms with Crippen molar-refractivity contribution in [1.82, 2.24) is 9.80 Å². The molecule has 1 saturated carbocycles. The molecule has 0 radical (unpaired) electrons. The molecular formula is C15H18N2O4. The number of hydrogen-bond donors (Lipinski definition) is 0. The molecule has 1 heterocycles. The van der Waals surface area contributed by atoms with Crippen molar-refractivity contribution < 1.29 is 19.2 Å². The number of carbonyl (C=O) groups excluding carboxylic acids is 4. The quantitative estimate of drug-likeness (QED) is 0.626. The molecule has 4 amide bonds. The van der Waals surface area contributed by atoms with Gasteiger partial charge in [0.25, 0.3) is 0 Å². The number of rotatable bonds is 0. The van der Waals surface area contributed by atoms with Crippen molar-refractivity contribution in [3.05, 3.63) is 11.6 Å². The fourth-order valence-electron chi connectivity index (χ4n) is 3.96. The van der Waals surface area contributed by atoms with Crippen LogP contribution in [-0.2, 0) is 14.4 Å². The largest absolute Gasteiger partial charge is 0.332 e. The van der Waals surface area contributed by atoms with Gasteiger partial charge in [-0.05, 0) is 31.3 Å². The average molecular weight is 290 g/mol. The molecule has 1 aliphatic heterocycles. The highest BCUT2D eigenvalue weighted by Gasteiger charge is 2.61. The highest BCUT2D eigenvalue weighted by atomic mass is 16.2. The van der Waals surface area contributed by atoms with E-state index in [4.69, 9.17) is 0 Å². The van der Waals surface area contributed by atoms with Gasteiger partial charge in [0.2, 0.25) is 11.8 Å². The maximum absolute atomic E-state index is 12.7. The van der Waals surface area contributed by atoms with Gasteiger partial charge in [-0.25, -0.2) is 4.79 Å². The van der Waals surface area contributed by atoms with E-state index in [2.05, 4.69) is 0 Å². The molecule has 1 saturated heterocycles. The van der Waals surface area contributed by atoms with E-state index in [-0.39, 0.29) is 11.7 Å². The van der Waals surface area contributed by atoms with Crippen LogP contribution >= 0.6 is 0 Å². The fourth-order valence-corrected chi connectivity index (χ4v) is 3.96. The minimum Gasteiger partial charge on any atom is -0.295 e. The summed E-state index contributed by atoms with van der Waals surface area (Å²) < 4.78 is 0. The first-order valence-corrected chi connectivity index (χ1v) is 7.24. The van der Waals surface area contributed by atoms with Crippen LogP contribution in [0.15, 0.2) is 11.6 Å². The Morgan fingerprint density at radius 3 is 2.33 bits per heavy atom. The first kappa shape index (κ1) is 14.0. The first-order chi connectivity index (χ1) is 9.91. The Hall–Kier alpha value is -1.98. The predicted octanol–water partition coefficient (Wildman–Crippen LogP) is 1.11. The Balaban J connectivity index is 2.12. The van der Waals surface area contributed by atoms with Gasteiger partial charge >= 0.3 is 6.03 Å². The van der Waals surface area contributed by atoms with Crippen LogP contribution in [0.1, 0.15) is 32.1 Å². The van der Waals surface area contributed by atoms with Gasteiger partial charge < -0.3 is 0 Å². The molecule has 112 valence electrons. The second-order valence-electron chi connectivity index (χ2n) is 6.05. The number of imide groups is 2. The van der Waals surface area contributed by atoms with E-state index >= 15 is 0 Å². The van der Waals surface area contributed by atoms with E-state index in [0.29, 0.717) is 37.7 Å². The van der Waals surface area contributed by atoms with Crippen molar-refractivity contribution in [2.24, 2.45) is 11.3 Å². The summed E-state index contributed by atoms with van der Waals surface area (Å²) >= 11 is 0. The number of Topliss-reactive ketones (excluding diaryl/α,β-unsaturated/α-hetero) is 1. The van der Waals surface area contributed by atoms with E-state index in [0.717, 1.165) is 9.80 Å². The maximum Gasteiger partial charge on any atom is 0.332 e. The maximum atomic E-state index is 12.7. The standard InChI is InChI=1S/C15H18N2O4/c1-16-12(19)15(13(20)17(2)14(16)21)8-4-5-9-10(15)6-3-7-11(9)18/h5,10H,3-4,6-8H2,1-2H3. The van der Waals surface area contributed by atoms with Crippen molar-refractivity contribution in [2.45, 2.75) is 32.1 Å². The number of barbiturate groups is 1. The SMILES string of the molecule is CN1C(=O)N(C)C(=O)C2(CCC=C3C(=O)CCCC32)C1=O. The summed E-state index contributed by atoms with van der Waals surface area (Å²) in [5.41, 5.74) is -0.650. The monoisotopic (exact) mass is 290 g/mol. The zero-order valence-corrected chi connectivity index (χ0v) is 12.2. The molecule has 2 fully saturated rings. The van der Waals surface area contributed by atoms with E-state index in [1.807, 2.05) is 6.08 Å².